The lowest BCUT2D eigenvalue weighted by Gasteiger charge is -2.14. The first-order chi connectivity index (χ1) is 19.7. The molecule has 1 N–H and O–H groups in total. The molecule has 0 bridgehead atoms. The number of carbonyl (C=O) groups excluding carboxylic acids is 2. The molecule has 42 heavy (non-hydrogen) atoms. The monoisotopic (exact) mass is 624 g/mol. The number of nitrogens with one attached hydrogen (secondary N) is 1. The molecule has 0 radical (unpaired) electrons. The third kappa shape index (κ3) is 7.01. The molecule has 0 fully saturated rings. The zero-order chi connectivity index (χ0) is 30.8. The number of ether oxygens (including phenoxy) is 1. The highest BCUT2D eigenvalue weighted by molar-refractivity contribution is 6.35. The molecule has 0 saturated heterocycles. The highest BCUT2D eigenvalue weighted by Gasteiger charge is 2.38. The molecule has 0 heterocycles. The van der Waals surface area contributed by atoms with Crippen LogP contribution in [0.1, 0.15) is 21.5 Å². The van der Waals surface area contributed by atoms with Crippen molar-refractivity contribution in [3.05, 3.63) is 121 Å². The van der Waals surface area contributed by atoms with E-state index in [1.165, 1.54) is 24.3 Å². The minimum Gasteiger partial charge on any atom is -0.425 e. The number of amides is 1. The van der Waals surface area contributed by atoms with Gasteiger partial charge < -0.3 is 10.1 Å². The van der Waals surface area contributed by atoms with Crippen molar-refractivity contribution in [3.63, 3.8) is 0 Å². The topological polar surface area (TPSA) is 98.5 Å². The molecule has 7 nitrogen and oxygen atoms in total. The van der Waals surface area contributed by atoms with Gasteiger partial charge >= 0.3 is 12.1 Å². The van der Waals surface area contributed by atoms with Gasteiger partial charge in [-0.15, -0.1) is 0 Å². The van der Waals surface area contributed by atoms with Gasteiger partial charge in [-0.25, -0.2) is 8.78 Å². The Morgan fingerprint density at radius 2 is 1.67 bits per heavy atom. The zero-order valence-electron chi connectivity index (χ0n) is 20.8. The molecule has 0 atom stereocenters. The fraction of sp³-hybridized carbons (Fsp3) is 0.0714. The quantitative estimate of drug-likeness (QED) is 0.0733. The van der Waals surface area contributed by atoms with E-state index in [9.17, 15) is 41.7 Å². The van der Waals surface area contributed by atoms with E-state index in [0.29, 0.717) is 28.8 Å². The van der Waals surface area contributed by atoms with Crippen LogP contribution < -0.4 is 10.1 Å². The van der Waals surface area contributed by atoms with Gasteiger partial charge in [-0.3, -0.25) is 19.7 Å². The summed E-state index contributed by atoms with van der Waals surface area (Å²) in [5.74, 6) is -4.18. The molecular weight excluding hydrogens is 610 g/mol. The molecule has 216 valence electrons. The average Bonchev–Trinajstić information content (AvgIpc) is 2.90. The van der Waals surface area contributed by atoms with E-state index in [2.05, 4.69) is 5.32 Å². The normalized spacial score (nSPS) is 11.2. The van der Waals surface area contributed by atoms with Gasteiger partial charge in [-0.1, -0.05) is 35.3 Å². The molecule has 0 spiro atoms. The molecule has 4 rings (SSSR count). The summed E-state index contributed by atoms with van der Waals surface area (Å²) >= 11 is 12.0. The number of hydrogen-bond acceptors (Lipinski definition) is 5. The van der Waals surface area contributed by atoms with Crippen molar-refractivity contribution in [1.29, 1.82) is 0 Å². The molecule has 0 unspecified atom stereocenters. The lowest BCUT2D eigenvalue weighted by molar-refractivity contribution is -0.388. The lowest BCUT2D eigenvalue weighted by atomic mass is 10.0. The van der Waals surface area contributed by atoms with E-state index in [1.807, 2.05) is 0 Å². The molecule has 1 amide bonds. The predicted molar refractivity (Wildman–Crippen MR) is 144 cm³/mol. The zero-order valence-corrected chi connectivity index (χ0v) is 22.3. The summed E-state index contributed by atoms with van der Waals surface area (Å²) in [4.78, 5) is 35.8. The Morgan fingerprint density at radius 3 is 2.31 bits per heavy atom. The Balaban J connectivity index is 1.72. The van der Waals surface area contributed by atoms with E-state index in [0.717, 1.165) is 30.3 Å². The van der Waals surface area contributed by atoms with Crippen LogP contribution in [0.25, 0.3) is 11.1 Å². The van der Waals surface area contributed by atoms with E-state index < -0.39 is 57.1 Å². The number of esters is 1. The Bertz CT molecular complexity index is 1730. The van der Waals surface area contributed by atoms with Crippen LogP contribution in [0.4, 0.5) is 33.3 Å². The largest absolute Gasteiger partial charge is 0.425 e. The van der Waals surface area contributed by atoms with Crippen LogP contribution in [0, 0.1) is 21.7 Å². The Hall–Kier alpha value is -4.55. The molecule has 0 aliphatic heterocycles. The van der Waals surface area contributed by atoms with Crippen LogP contribution in [0.5, 0.6) is 5.75 Å². The minimum absolute atomic E-state index is 0.0397. The summed E-state index contributed by atoms with van der Waals surface area (Å²) in [6.07, 6.45) is -5.48. The Labute approximate surface area is 243 Å². The van der Waals surface area contributed by atoms with Crippen molar-refractivity contribution in [1.82, 2.24) is 0 Å². The van der Waals surface area contributed by atoms with Crippen molar-refractivity contribution in [2.75, 3.05) is 5.32 Å². The van der Waals surface area contributed by atoms with Crippen LogP contribution in [-0.4, -0.2) is 16.8 Å². The summed E-state index contributed by atoms with van der Waals surface area (Å²) in [6.45, 7) is 0. The highest BCUT2D eigenvalue weighted by atomic mass is 35.5. The lowest BCUT2D eigenvalue weighted by Crippen LogP contribution is -2.18. The van der Waals surface area contributed by atoms with E-state index in [4.69, 9.17) is 27.9 Å². The highest BCUT2D eigenvalue weighted by Crippen LogP contribution is 2.38. The van der Waals surface area contributed by atoms with Crippen LogP contribution in [0.2, 0.25) is 10.0 Å². The Kier molecular flexibility index (Phi) is 8.78. The number of alkyl halides is 3. The summed E-state index contributed by atoms with van der Waals surface area (Å²) in [7, 11) is 0. The van der Waals surface area contributed by atoms with Gasteiger partial charge in [0.05, 0.1) is 16.9 Å². The molecule has 0 aliphatic rings. The van der Waals surface area contributed by atoms with Gasteiger partial charge in [0, 0.05) is 33.4 Å². The van der Waals surface area contributed by atoms with Crippen LogP contribution in [0.15, 0.2) is 72.8 Å². The van der Waals surface area contributed by atoms with Gasteiger partial charge in [0.1, 0.15) is 22.9 Å². The predicted octanol–water partition coefficient (Wildman–Crippen LogP) is 8.27. The third-order valence-electron chi connectivity index (χ3n) is 5.80. The smallest absolute Gasteiger partial charge is 0.423 e. The Morgan fingerprint density at radius 1 is 0.929 bits per heavy atom. The van der Waals surface area contributed by atoms with Gasteiger partial charge in [-0.2, -0.15) is 13.2 Å². The van der Waals surface area contributed by atoms with E-state index in [1.54, 1.807) is 0 Å². The van der Waals surface area contributed by atoms with Crippen molar-refractivity contribution < 1.29 is 41.2 Å². The summed E-state index contributed by atoms with van der Waals surface area (Å²) in [5.41, 5.74) is -3.49. The second kappa shape index (κ2) is 12.1. The van der Waals surface area contributed by atoms with Crippen molar-refractivity contribution in [3.8, 4) is 16.9 Å². The van der Waals surface area contributed by atoms with Gasteiger partial charge in [0.15, 0.2) is 0 Å². The number of nitro benzene ring substituents is 1. The molecule has 0 aromatic heterocycles. The first-order valence-corrected chi connectivity index (χ1v) is 12.4. The van der Waals surface area contributed by atoms with E-state index >= 15 is 0 Å². The number of anilines is 1. The molecule has 4 aromatic rings. The van der Waals surface area contributed by atoms with Crippen molar-refractivity contribution in [2.24, 2.45) is 0 Å². The van der Waals surface area contributed by atoms with Crippen LogP contribution in [-0.2, 0) is 17.4 Å². The molecule has 14 heteroatoms. The number of nitrogens with zero attached hydrogens (tertiary/aromatic N) is 1. The maximum atomic E-state index is 14.5. The molecular formula is C28H15Cl2F5N2O5. The van der Waals surface area contributed by atoms with Gasteiger partial charge in [-0.05, 0) is 59.7 Å². The molecule has 0 aliphatic carbocycles. The van der Waals surface area contributed by atoms with Crippen LogP contribution >= 0.6 is 23.2 Å². The first kappa shape index (κ1) is 30.4. The standard InChI is InChI=1S/C28H15Cl2F5N2O5/c29-16-3-1-15(22(30)11-16)10-26(38)42-25-8-2-14(19-6-4-17(31)12-23(19)32)9-20(25)27(39)36-18-5-7-24(37(40)41)21(13-18)28(33,34)35/h1-9,11-13H,10H2,(H,36,39). The SMILES string of the molecule is O=C(Cc1ccc(Cl)cc1Cl)Oc1ccc(-c2ccc(F)cc2F)cc1C(=O)Nc1ccc([N+](=O)[O-])c(C(F)(F)F)c1. The summed E-state index contributed by atoms with van der Waals surface area (Å²) in [6, 6.07) is 12.4. The van der Waals surface area contributed by atoms with E-state index in [-0.39, 0.29) is 28.3 Å². The van der Waals surface area contributed by atoms with Crippen molar-refractivity contribution in [2.45, 2.75) is 12.6 Å². The number of halogens is 7. The summed E-state index contributed by atoms with van der Waals surface area (Å²) in [5, 5.41) is 13.7. The van der Waals surface area contributed by atoms with Gasteiger partial charge in [0.25, 0.3) is 11.6 Å². The first-order valence-electron chi connectivity index (χ1n) is 11.6. The number of hydrogen-bond donors (Lipinski definition) is 1. The summed E-state index contributed by atoms with van der Waals surface area (Å²) < 4.78 is 73.6. The van der Waals surface area contributed by atoms with Crippen LogP contribution in [0.3, 0.4) is 0 Å². The van der Waals surface area contributed by atoms with Crippen molar-refractivity contribution >= 4 is 46.5 Å². The minimum atomic E-state index is -5.12. The molecule has 0 saturated carbocycles. The number of benzene rings is 4. The van der Waals surface area contributed by atoms with Gasteiger partial charge in [0.2, 0.25) is 0 Å². The molecule has 4 aromatic carbocycles. The maximum Gasteiger partial charge on any atom is 0.423 e. The number of carbonyl (C=O) groups is 2. The average molecular weight is 625 g/mol. The maximum absolute atomic E-state index is 14.5. The third-order valence-corrected chi connectivity index (χ3v) is 6.38. The second-order valence-corrected chi connectivity index (χ2v) is 9.51. The fourth-order valence-electron chi connectivity index (χ4n) is 3.87. The number of nitro groups is 1. The second-order valence-electron chi connectivity index (χ2n) is 8.66. The number of rotatable bonds is 7. The fourth-order valence-corrected chi connectivity index (χ4v) is 4.34.